The number of carbonyl (C=O) groups excluding carboxylic acids is 1. The highest BCUT2D eigenvalue weighted by Gasteiger charge is 2.38. The maximum atomic E-state index is 13.7. The molecule has 0 aliphatic heterocycles. The number of amides is 1. The number of hydrogen-bond donors (Lipinski definition) is 1. The van der Waals surface area contributed by atoms with E-state index in [1.165, 1.54) is 19.3 Å². The van der Waals surface area contributed by atoms with Crippen LogP contribution in [0, 0.1) is 12.7 Å². The van der Waals surface area contributed by atoms with Crippen LogP contribution in [0.3, 0.4) is 0 Å². The van der Waals surface area contributed by atoms with Gasteiger partial charge in [0.25, 0.3) is 5.91 Å². The van der Waals surface area contributed by atoms with Crippen LogP contribution < -0.4 is 10.1 Å². The van der Waals surface area contributed by atoms with Gasteiger partial charge in [0.15, 0.2) is 5.69 Å². The van der Waals surface area contributed by atoms with Crippen molar-refractivity contribution in [2.45, 2.75) is 38.3 Å². The van der Waals surface area contributed by atoms with E-state index in [-0.39, 0.29) is 34.9 Å². The first-order valence-electron chi connectivity index (χ1n) is 10.5. The SMILES string of the molecule is CCOc1c(C(=O)N[C@@H](C)c2ccc(F)c(C)c2)cc(CBr)cc1-c1cn(C)nc1C(F)(F)F. The molecule has 0 saturated heterocycles. The van der Waals surface area contributed by atoms with Gasteiger partial charge < -0.3 is 10.1 Å². The molecule has 0 spiro atoms. The molecule has 1 atom stereocenters. The van der Waals surface area contributed by atoms with Crippen LogP contribution in [0.1, 0.15) is 52.6 Å². The Morgan fingerprint density at radius 2 is 1.94 bits per heavy atom. The molecule has 182 valence electrons. The third kappa shape index (κ3) is 5.43. The van der Waals surface area contributed by atoms with E-state index in [9.17, 15) is 22.4 Å². The molecule has 0 fully saturated rings. The molecular formula is C24H24BrF4N3O2. The average molecular weight is 542 g/mol. The number of hydrogen-bond acceptors (Lipinski definition) is 3. The lowest BCUT2D eigenvalue weighted by atomic mass is 9.97. The van der Waals surface area contributed by atoms with Gasteiger partial charge >= 0.3 is 6.18 Å². The van der Waals surface area contributed by atoms with E-state index >= 15 is 0 Å². The third-order valence-corrected chi connectivity index (χ3v) is 5.90. The van der Waals surface area contributed by atoms with Crippen LogP contribution in [0.4, 0.5) is 17.6 Å². The van der Waals surface area contributed by atoms with Gasteiger partial charge in [-0.2, -0.15) is 18.3 Å². The number of ether oxygens (including phenoxy) is 1. The van der Waals surface area contributed by atoms with E-state index in [1.54, 1.807) is 45.0 Å². The number of aromatic nitrogens is 2. The maximum absolute atomic E-state index is 13.7. The molecule has 0 saturated carbocycles. The number of carbonyl (C=O) groups is 1. The second-order valence-electron chi connectivity index (χ2n) is 7.85. The Hall–Kier alpha value is -2.88. The molecule has 2 aromatic carbocycles. The van der Waals surface area contributed by atoms with Crippen LogP contribution in [0.25, 0.3) is 11.1 Å². The van der Waals surface area contributed by atoms with Crippen molar-refractivity contribution in [1.82, 2.24) is 15.1 Å². The summed E-state index contributed by atoms with van der Waals surface area (Å²) in [5.74, 6) is -0.849. The van der Waals surface area contributed by atoms with Crippen molar-refractivity contribution in [3.63, 3.8) is 0 Å². The molecule has 1 heterocycles. The lowest BCUT2D eigenvalue weighted by Gasteiger charge is -2.20. The topological polar surface area (TPSA) is 56.1 Å². The molecule has 3 rings (SSSR count). The van der Waals surface area contributed by atoms with Crippen LogP contribution in [0.5, 0.6) is 5.75 Å². The Balaban J connectivity index is 2.11. The summed E-state index contributed by atoms with van der Waals surface area (Å²) in [6, 6.07) is 7.17. The summed E-state index contributed by atoms with van der Waals surface area (Å²) in [5, 5.41) is 6.73. The highest BCUT2D eigenvalue weighted by atomic mass is 79.9. The quantitative estimate of drug-likeness (QED) is 0.280. The fourth-order valence-corrected chi connectivity index (χ4v) is 3.95. The minimum atomic E-state index is -4.69. The van der Waals surface area contributed by atoms with Gasteiger partial charge in [0, 0.05) is 29.7 Å². The molecule has 10 heteroatoms. The molecule has 1 aromatic heterocycles. The van der Waals surface area contributed by atoms with Crippen molar-refractivity contribution in [1.29, 1.82) is 0 Å². The lowest BCUT2D eigenvalue weighted by Crippen LogP contribution is -2.27. The molecule has 1 N–H and O–H groups in total. The number of aryl methyl sites for hydroxylation is 2. The summed E-state index contributed by atoms with van der Waals surface area (Å²) < 4.78 is 61.5. The Kier molecular flexibility index (Phi) is 7.70. The average Bonchev–Trinajstić information content (AvgIpc) is 3.17. The largest absolute Gasteiger partial charge is 0.492 e. The molecule has 5 nitrogen and oxygen atoms in total. The summed E-state index contributed by atoms with van der Waals surface area (Å²) in [6.07, 6.45) is -3.44. The van der Waals surface area contributed by atoms with Crippen LogP contribution in [0.2, 0.25) is 0 Å². The van der Waals surface area contributed by atoms with E-state index in [1.807, 2.05) is 0 Å². The molecule has 0 radical (unpaired) electrons. The van der Waals surface area contributed by atoms with Crippen molar-refractivity contribution in [2.24, 2.45) is 7.05 Å². The first kappa shape index (κ1) is 25.7. The standard InChI is InChI=1S/C24H24BrF4N3O2/c1-5-34-21-17(19-12-32(4)31-22(19)24(27,28)29)9-15(11-25)10-18(21)23(33)30-14(3)16-6-7-20(26)13(2)8-16/h6-10,12,14H,5,11H2,1-4H3,(H,30,33)/t14-/m0/s1. The smallest absolute Gasteiger partial charge is 0.435 e. The van der Waals surface area contributed by atoms with Crippen LogP contribution >= 0.6 is 15.9 Å². The summed E-state index contributed by atoms with van der Waals surface area (Å²) >= 11 is 3.33. The Morgan fingerprint density at radius 3 is 2.53 bits per heavy atom. The van der Waals surface area contributed by atoms with E-state index in [0.717, 1.165) is 4.68 Å². The van der Waals surface area contributed by atoms with Crippen LogP contribution in [0.15, 0.2) is 36.5 Å². The predicted octanol–water partition coefficient (Wildman–Crippen LogP) is 6.34. The summed E-state index contributed by atoms with van der Waals surface area (Å²) in [7, 11) is 1.40. The van der Waals surface area contributed by atoms with Gasteiger partial charge in [-0.3, -0.25) is 9.48 Å². The summed E-state index contributed by atoms with van der Waals surface area (Å²) in [4.78, 5) is 13.3. The highest BCUT2D eigenvalue weighted by molar-refractivity contribution is 9.08. The van der Waals surface area contributed by atoms with E-state index in [2.05, 4.69) is 26.3 Å². The van der Waals surface area contributed by atoms with Gasteiger partial charge in [0.2, 0.25) is 0 Å². The van der Waals surface area contributed by atoms with Crippen molar-refractivity contribution in [3.05, 3.63) is 70.3 Å². The van der Waals surface area contributed by atoms with Crippen molar-refractivity contribution < 1.29 is 27.1 Å². The number of alkyl halides is 4. The van der Waals surface area contributed by atoms with Crippen LogP contribution in [-0.4, -0.2) is 22.3 Å². The molecule has 1 amide bonds. The van der Waals surface area contributed by atoms with Gasteiger partial charge in [0.1, 0.15) is 11.6 Å². The zero-order valence-electron chi connectivity index (χ0n) is 19.1. The fourth-order valence-electron chi connectivity index (χ4n) is 3.62. The Labute approximate surface area is 203 Å². The molecule has 34 heavy (non-hydrogen) atoms. The predicted molar refractivity (Wildman–Crippen MR) is 124 cm³/mol. The van der Waals surface area contributed by atoms with E-state index < -0.39 is 23.8 Å². The Morgan fingerprint density at radius 1 is 1.24 bits per heavy atom. The molecule has 0 bridgehead atoms. The van der Waals surface area contributed by atoms with Gasteiger partial charge in [-0.1, -0.05) is 28.1 Å². The Bertz CT molecular complexity index is 1210. The van der Waals surface area contributed by atoms with Gasteiger partial charge in [-0.25, -0.2) is 4.39 Å². The normalized spacial score (nSPS) is 12.5. The number of halogens is 5. The minimum absolute atomic E-state index is 0.0330. The minimum Gasteiger partial charge on any atom is -0.492 e. The molecular weight excluding hydrogens is 518 g/mol. The first-order valence-corrected chi connectivity index (χ1v) is 11.6. The summed E-state index contributed by atoms with van der Waals surface area (Å²) in [5.41, 5.74) is 0.681. The number of rotatable bonds is 7. The zero-order valence-corrected chi connectivity index (χ0v) is 20.6. The first-order chi connectivity index (χ1) is 16.0. The highest BCUT2D eigenvalue weighted by Crippen LogP contribution is 2.42. The number of nitrogens with zero attached hydrogens (tertiary/aromatic N) is 2. The van der Waals surface area contributed by atoms with Gasteiger partial charge in [0.05, 0.1) is 18.2 Å². The second kappa shape index (κ2) is 10.2. The molecule has 0 aliphatic rings. The molecule has 0 unspecified atom stereocenters. The number of nitrogens with one attached hydrogen (secondary N) is 1. The zero-order chi connectivity index (χ0) is 25.2. The summed E-state index contributed by atoms with van der Waals surface area (Å²) in [6.45, 7) is 5.18. The van der Waals surface area contributed by atoms with Crippen molar-refractivity contribution in [2.75, 3.05) is 6.61 Å². The van der Waals surface area contributed by atoms with Crippen molar-refractivity contribution in [3.8, 4) is 16.9 Å². The number of benzene rings is 2. The lowest BCUT2D eigenvalue weighted by molar-refractivity contribution is -0.140. The van der Waals surface area contributed by atoms with Crippen molar-refractivity contribution >= 4 is 21.8 Å². The maximum Gasteiger partial charge on any atom is 0.435 e. The fraction of sp³-hybridized carbons (Fsp3) is 0.333. The van der Waals surface area contributed by atoms with Crippen LogP contribution in [-0.2, 0) is 18.6 Å². The van der Waals surface area contributed by atoms with E-state index in [4.69, 9.17) is 4.74 Å². The monoisotopic (exact) mass is 541 g/mol. The van der Waals surface area contributed by atoms with E-state index in [0.29, 0.717) is 22.0 Å². The van der Waals surface area contributed by atoms with Gasteiger partial charge in [-0.05, 0) is 55.7 Å². The third-order valence-electron chi connectivity index (χ3n) is 5.25. The molecule has 0 aliphatic carbocycles. The van der Waals surface area contributed by atoms with Gasteiger partial charge in [-0.15, -0.1) is 0 Å². The molecule has 3 aromatic rings. The second-order valence-corrected chi connectivity index (χ2v) is 8.41.